The number of alkyl halides is 3. The van der Waals surface area contributed by atoms with Gasteiger partial charge < -0.3 is 14.8 Å². The first kappa shape index (κ1) is 18.5. The van der Waals surface area contributed by atoms with E-state index in [1.807, 2.05) is 0 Å². The number of nitrogens with one attached hydrogen (secondary N) is 1. The maximum Gasteiger partial charge on any atom is 0.573 e. The average Bonchev–Trinajstić information content (AvgIpc) is 2.99. The number of likely N-dealkylation sites (N-methyl/N-ethyl adjacent to an activating group) is 1. The van der Waals surface area contributed by atoms with Crippen LogP contribution in [0.3, 0.4) is 0 Å². The molecule has 1 aromatic carbocycles. The molecule has 0 aromatic heterocycles. The van der Waals surface area contributed by atoms with Crippen LogP contribution in [0, 0.1) is 0 Å². The quantitative estimate of drug-likeness (QED) is 0.823. The second kappa shape index (κ2) is 8.34. The van der Waals surface area contributed by atoms with E-state index in [2.05, 4.69) is 10.1 Å². The number of ether oxygens (including phenoxy) is 2. The molecule has 1 atom stereocenters. The highest BCUT2D eigenvalue weighted by Gasteiger charge is 2.30. The Labute approximate surface area is 138 Å². The number of hydrogen-bond donors (Lipinski definition) is 1. The van der Waals surface area contributed by atoms with Gasteiger partial charge in [-0.2, -0.15) is 0 Å². The van der Waals surface area contributed by atoms with Gasteiger partial charge in [-0.25, -0.2) is 0 Å². The van der Waals surface area contributed by atoms with E-state index in [1.54, 1.807) is 24.1 Å². The zero-order chi connectivity index (χ0) is 17.6. The topological polar surface area (TPSA) is 50.8 Å². The first-order valence-corrected chi connectivity index (χ1v) is 7.73. The Morgan fingerprint density at radius 1 is 1.38 bits per heavy atom. The van der Waals surface area contributed by atoms with E-state index >= 15 is 0 Å². The summed E-state index contributed by atoms with van der Waals surface area (Å²) in [6, 6.07) is 5.60. The average molecular weight is 346 g/mol. The molecular formula is C16H21F3N2O3. The molecule has 8 heteroatoms. The van der Waals surface area contributed by atoms with Crippen molar-refractivity contribution in [3.63, 3.8) is 0 Å². The Balaban J connectivity index is 1.72. The third kappa shape index (κ3) is 6.76. The number of halogens is 3. The Morgan fingerprint density at radius 2 is 2.08 bits per heavy atom. The van der Waals surface area contributed by atoms with Crippen LogP contribution in [0.5, 0.6) is 5.75 Å². The molecule has 0 aliphatic carbocycles. The summed E-state index contributed by atoms with van der Waals surface area (Å²) in [5.41, 5.74) is 0.791. The minimum atomic E-state index is -4.70. The van der Waals surface area contributed by atoms with Crippen LogP contribution in [0.25, 0.3) is 0 Å². The van der Waals surface area contributed by atoms with Crippen molar-refractivity contribution in [1.29, 1.82) is 0 Å². The van der Waals surface area contributed by atoms with E-state index in [0.29, 0.717) is 13.1 Å². The van der Waals surface area contributed by atoms with Gasteiger partial charge >= 0.3 is 6.36 Å². The largest absolute Gasteiger partial charge is 0.573 e. The number of rotatable bonds is 7. The number of benzene rings is 1. The minimum absolute atomic E-state index is 0.0976. The van der Waals surface area contributed by atoms with Gasteiger partial charge in [-0.1, -0.05) is 12.1 Å². The van der Waals surface area contributed by atoms with Crippen LogP contribution in [0.1, 0.15) is 18.4 Å². The minimum Gasteiger partial charge on any atom is -0.406 e. The SMILES string of the molecule is CN(CC(=O)NCC1CCCO1)Cc1ccc(OC(F)(F)F)cc1. The van der Waals surface area contributed by atoms with Crippen LogP contribution in [-0.2, 0) is 16.1 Å². The van der Waals surface area contributed by atoms with Gasteiger partial charge in [-0.3, -0.25) is 9.69 Å². The second-order valence-corrected chi connectivity index (χ2v) is 5.80. The number of amides is 1. The van der Waals surface area contributed by atoms with Crippen molar-refractivity contribution in [1.82, 2.24) is 10.2 Å². The van der Waals surface area contributed by atoms with Crippen molar-refractivity contribution in [2.75, 3.05) is 26.7 Å². The fourth-order valence-corrected chi connectivity index (χ4v) is 2.50. The summed E-state index contributed by atoms with van der Waals surface area (Å²) < 4.78 is 45.5. The predicted octanol–water partition coefficient (Wildman–Crippen LogP) is 2.31. The van der Waals surface area contributed by atoms with Crippen LogP contribution in [-0.4, -0.2) is 50.0 Å². The van der Waals surface area contributed by atoms with Gasteiger partial charge in [0.15, 0.2) is 0 Å². The highest BCUT2D eigenvalue weighted by Crippen LogP contribution is 2.22. The number of carbonyl (C=O) groups excluding carboxylic acids is 1. The molecule has 1 aliphatic rings. The molecule has 1 unspecified atom stereocenters. The van der Waals surface area contributed by atoms with Gasteiger partial charge in [-0.15, -0.1) is 13.2 Å². The van der Waals surface area contributed by atoms with Crippen molar-refractivity contribution in [2.45, 2.75) is 31.9 Å². The van der Waals surface area contributed by atoms with Crippen LogP contribution >= 0.6 is 0 Å². The molecule has 1 aliphatic heterocycles. The molecule has 1 fully saturated rings. The van der Waals surface area contributed by atoms with Crippen LogP contribution in [0.15, 0.2) is 24.3 Å². The van der Waals surface area contributed by atoms with Crippen molar-refractivity contribution in [3.05, 3.63) is 29.8 Å². The van der Waals surface area contributed by atoms with Crippen LogP contribution < -0.4 is 10.1 Å². The summed E-state index contributed by atoms with van der Waals surface area (Å²) in [6.07, 6.45) is -2.61. The second-order valence-electron chi connectivity index (χ2n) is 5.80. The third-order valence-corrected chi connectivity index (χ3v) is 3.57. The highest BCUT2D eigenvalue weighted by molar-refractivity contribution is 5.78. The molecule has 1 N–H and O–H groups in total. The summed E-state index contributed by atoms with van der Waals surface area (Å²) >= 11 is 0. The zero-order valence-electron chi connectivity index (χ0n) is 13.4. The lowest BCUT2D eigenvalue weighted by Crippen LogP contribution is -2.38. The summed E-state index contributed by atoms with van der Waals surface area (Å²) in [5, 5.41) is 2.83. The summed E-state index contributed by atoms with van der Waals surface area (Å²) in [4.78, 5) is 13.6. The summed E-state index contributed by atoms with van der Waals surface area (Å²) in [7, 11) is 1.77. The molecule has 1 saturated heterocycles. The van der Waals surface area contributed by atoms with Gasteiger partial charge in [0, 0.05) is 19.7 Å². The molecule has 1 aromatic rings. The molecule has 1 amide bonds. The molecule has 0 spiro atoms. The van der Waals surface area contributed by atoms with E-state index in [0.717, 1.165) is 25.0 Å². The van der Waals surface area contributed by atoms with Gasteiger partial charge in [-0.05, 0) is 37.6 Å². The first-order valence-electron chi connectivity index (χ1n) is 7.73. The maximum atomic E-state index is 12.1. The molecule has 5 nitrogen and oxygen atoms in total. The zero-order valence-corrected chi connectivity index (χ0v) is 13.4. The van der Waals surface area contributed by atoms with Crippen molar-refractivity contribution in [3.8, 4) is 5.75 Å². The third-order valence-electron chi connectivity index (χ3n) is 3.57. The summed E-state index contributed by atoms with van der Waals surface area (Å²) in [5.74, 6) is -0.367. The Kier molecular flexibility index (Phi) is 6.44. The first-order chi connectivity index (χ1) is 11.3. The highest BCUT2D eigenvalue weighted by atomic mass is 19.4. The maximum absolute atomic E-state index is 12.1. The Bertz CT molecular complexity index is 528. The summed E-state index contributed by atoms with van der Waals surface area (Å²) in [6.45, 7) is 1.90. The van der Waals surface area contributed by atoms with Gasteiger partial charge in [0.25, 0.3) is 0 Å². The van der Waals surface area contributed by atoms with E-state index in [-0.39, 0.29) is 24.3 Å². The Hall–Kier alpha value is -1.80. The van der Waals surface area contributed by atoms with E-state index in [1.165, 1.54) is 12.1 Å². The fraction of sp³-hybridized carbons (Fsp3) is 0.562. The van der Waals surface area contributed by atoms with Crippen LogP contribution in [0.2, 0.25) is 0 Å². The van der Waals surface area contributed by atoms with Crippen molar-refractivity contribution in [2.24, 2.45) is 0 Å². The number of carbonyl (C=O) groups is 1. The van der Waals surface area contributed by atoms with Crippen molar-refractivity contribution >= 4 is 5.91 Å². The lowest BCUT2D eigenvalue weighted by Gasteiger charge is -2.18. The lowest BCUT2D eigenvalue weighted by molar-refractivity contribution is -0.274. The van der Waals surface area contributed by atoms with E-state index < -0.39 is 6.36 Å². The Morgan fingerprint density at radius 3 is 2.67 bits per heavy atom. The van der Waals surface area contributed by atoms with Gasteiger partial charge in [0.2, 0.25) is 5.91 Å². The molecule has 2 rings (SSSR count). The van der Waals surface area contributed by atoms with Gasteiger partial charge in [0.05, 0.1) is 12.6 Å². The van der Waals surface area contributed by atoms with Gasteiger partial charge in [0.1, 0.15) is 5.75 Å². The predicted molar refractivity (Wildman–Crippen MR) is 81.4 cm³/mol. The molecule has 134 valence electrons. The molecular weight excluding hydrogens is 325 g/mol. The van der Waals surface area contributed by atoms with E-state index in [4.69, 9.17) is 4.74 Å². The molecule has 0 radical (unpaired) electrons. The molecule has 0 bridgehead atoms. The smallest absolute Gasteiger partial charge is 0.406 e. The number of nitrogens with zero attached hydrogens (tertiary/aromatic N) is 1. The van der Waals surface area contributed by atoms with E-state index in [9.17, 15) is 18.0 Å². The molecule has 1 heterocycles. The lowest BCUT2D eigenvalue weighted by atomic mass is 10.2. The number of hydrogen-bond acceptors (Lipinski definition) is 4. The normalized spacial score (nSPS) is 18.0. The monoisotopic (exact) mass is 346 g/mol. The van der Waals surface area contributed by atoms with Crippen molar-refractivity contribution < 1.29 is 27.4 Å². The fourth-order valence-electron chi connectivity index (χ4n) is 2.50. The van der Waals surface area contributed by atoms with Crippen LogP contribution in [0.4, 0.5) is 13.2 Å². The standard InChI is InChI=1S/C16H21F3N2O3/c1-21(11-15(22)20-9-14-3-2-8-23-14)10-12-4-6-13(7-5-12)24-16(17,18)19/h4-7,14H,2-3,8-11H2,1H3,(H,20,22). The molecule has 0 saturated carbocycles. The molecule has 24 heavy (non-hydrogen) atoms.